The fourth-order valence-electron chi connectivity index (χ4n) is 3.01. The van der Waals surface area contributed by atoms with E-state index < -0.39 is 45.8 Å². The van der Waals surface area contributed by atoms with Gasteiger partial charge in [0.05, 0.1) is 33.0 Å². The molecule has 164 valence electrons. The zero-order valence-corrected chi connectivity index (χ0v) is 17.3. The Hall–Kier alpha value is -3.51. The number of hydrogen-bond donors (Lipinski definition) is 1. The van der Waals surface area contributed by atoms with Gasteiger partial charge in [-0.2, -0.15) is 0 Å². The van der Waals surface area contributed by atoms with Crippen LogP contribution in [0.2, 0.25) is 0 Å². The van der Waals surface area contributed by atoms with Gasteiger partial charge in [0.25, 0.3) is 10.0 Å². The maximum atomic E-state index is 13.1. The summed E-state index contributed by atoms with van der Waals surface area (Å²) in [5, 5.41) is 14.3. The molecule has 1 aromatic carbocycles. The minimum absolute atomic E-state index is 0.00211. The van der Waals surface area contributed by atoms with Crippen LogP contribution in [0.25, 0.3) is 11.0 Å². The van der Waals surface area contributed by atoms with Crippen LogP contribution in [0.1, 0.15) is 11.0 Å². The number of benzene rings is 1. The second-order valence-corrected chi connectivity index (χ2v) is 8.49. The molecule has 11 nitrogen and oxygen atoms in total. The zero-order valence-electron chi connectivity index (χ0n) is 19.4. The number of pyridine rings is 1. The van der Waals surface area contributed by atoms with Crippen LogP contribution in [0.4, 0.5) is 11.4 Å². The molecule has 1 unspecified atom stereocenters. The molecule has 1 atom stereocenters. The third-order valence-corrected chi connectivity index (χ3v) is 6.24. The molecule has 1 N–H and O–H groups in total. The molecule has 12 heteroatoms. The monoisotopic (exact) mass is 451 g/mol. The molecule has 31 heavy (non-hydrogen) atoms. The first-order valence-electron chi connectivity index (χ1n) is 10.3. The number of rotatable bonds is 8. The Morgan fingerprint density at radius 2 is 2.06 bits per heavy atom. The van der Waals surface area contributed by atoms with Gasteiger partial charge in [-0.15, -0.1) is 0 Å². The first-order valence-corrected chi connectivity index (χ1v) is 10.2. The molecule has 0 fully saturated rings. The molecule has 0 amide bonds. The molecule has 0 aliphatic heterocycles. The molecule has 3 aromatic rings. The highest BCUT2D eigenvalue weighted by atomic mass is 32.2. The van der Waals surface area contributed by atoms with E-state index in [1.807, 2.05) is 0 Å². The lowest BCUT2D eigenvalue weighted by Crippen LogP contribution is -2.48. The smallest absolute Gasteiger partial charge is 0.333 e. The number of nitrogens with one attached hydrogen (secondary N) is 1. The van der Waals surface area contributed by atoms with Crippen LogP contribution in [-0.4, -0.2) is 54.6 Å². The van der Waals surface area contributed by atoms with Crippen molar-refractivity contribution in [3.05, 3.63) is 58.9 Å². The van der Waals surface area contributed by atoms with Crippen molar-refractivity contribution in [1.82, 2.24) is 8.96 Å². The van der Waals surface area contributed by atoms with Crippen LogP contribution in [-0.2, 0) is 24.3 Å². The standard InChI is InChI=1S/C19H20N4O7S/c1-19(12-29-2,18(24)30-3)21-16-14-9-10-22(17(14)20-11-15(16)23(25)26)31(27,28)13-7-5-4-6-8-13/h4-11H,12H2,1-3H3,(H,20,21)/i2D3. The van der Waals surface area contributed by atoms with E-state index in [9.17, 15) is 23.3 Å². The highest BCUT2D eigenvalue weighted by Crippen LogP contribution is 2.35. The number of methoxy groups -OCH3 is 2. The Morgan fingerprint density at radius 1 is 1.35 bits per heavy atom. The fourth-order valence-corrected chi connectivity index (χ4v) is 4.34. The summed E-state index contributed by atoms with van der Waals surface area (Å²) in [6.45, 7) is 0.498. The van der Waals surface area contributed by atoms with Crippen LogP contribution in [0.15, 0.2) is 53.7 Å². The summed E-state index contributed by atoms with van der Waals surface area (Å²) in [6.07, 6.45) is 2.01. The number of carbonyl (C=O) groups excluding carboxylic acids is 1. The van der Waals surface area contributed by atoms with E-state index in [2.05, 4.69) is 10.3 Å². The first-order chi connectivity index (χ1) is 15.8. The Morgan fingerprint density at radius 3 is 2.68 bits per heavy atom. The van der Waals surface area contributed by atoms with Crippen molar-refractivity contribution >= 4 is 38.4 Å². The van der Waals surface area contributed by atoms with Crippen LogP contribution >= 0.6 is 0 Å². The Bertz CT molecular complexity index is 1340. The van der Waals surface area contributed by atoms with E-state index in [1.54, 1.807) is 6.07 Å². The molecule has 0 spiro atoms. The lowest BCUT2D eigenvalue weighted by molar-refractivity contribution is -0.384. The molecule has 2 aromatic heterocycles. The minimum atomic E-state index is -4.10. The van der Waals surface area contributed by atoms with Gasteiger partial charge in [-0.05, 0) is 25.1 Å². The van der Waals surface area contributed by atoms with Crippen molar-refractivity contribution in [2.45, 2.75) is 17.4 Å². The lowest BCUT2D eigenvalue weighted by atomic mass is 10.0. The second kappa shape index (κ2) is 8.32. The van der Waals surface area contributed by atoms with Crippen LogP contribution < -0.4 is 5.32 Å². The number of ether oxygens (including phenoxy) is 2. The number of nitro groups is 1. The molecule has 0 aliphatic carbocycles. The van der Waals surface area contributed by atoms with E-state index in [4.69, 9.17) is 13.6 Å². The third-order valence-electron chi connectivity index (χ3n) is 4.56. The topological polar surface area (TPSA) is 143 Å². The third kappa shape index (κ3) is 3.94. The molecular formula is C19H20N4O7S. The number of nitrogens with zero attached hydrogens (tertiary/aromatic N) is 3. The lowest BCUT2D eigenvalue weighted by Gasteiger charge is -2.28. The van der Waals surface area contributed by atoms with Gasteiger partial charge in [0.1, 0.15) is 11.9 Å². The van der Waals surface area contributed by atoms with E-state index >= 15 is 0 Å². The highest BCUT2D eigenvalue weighted by molar-refractivity contribution is 7.90. The van der Waals surface area contributed by atoms with Crippen LogP contribution in [0, 0.1) is 10.1 Å². The SMILES string of the molecule is [2H]C([2H])([2H])OCC(C)(Nc1c([N+](=O)[O-])cnc2c1ccn2S(=O)(=O)c1ccccc1)C(=O)OC. The molecule has 2 heterocycles. The maximum absolute atomic E-state index is 13.1. The molecule has 0 saturated carbocycles. The summed E-state index contributed by atoms with van der Waals surface area (Å²) >= 11 is 0. The summed E-state index contributed by atoms with van der Waals surface area (Å²) in [6, 6.07) is 8.76. The molecule has 0 aliphatic rings. The van der Waals surface area contributed by atoms with Gasteiger partial charge in [0, 0.05) is 13.2 Å². The molecule has 0 saturated heterocycles. The molecule has 0 radical (unpaired) electrons. The van der Waals surface area contributed by atoms with Crippen molar-refractivity contribution in [2.75, 3.05) is 26.1 Å². The average Bonchev–Trinajstić information content (AvgIpc) is 3.23. The number of aromatic nitrogens is 2. The summed E-state index contributed by atoms with van der Waals surface area (Å²) in [4.78, 5) is 27.3. The highest BCUT2D eigenvalue weighted by Gasteiger charge is 2.38. The molecule has 3 rings (SSSR count). The number of anilines is 1. The van der Waals surface area contributed by atoms with Crippen molar-refractivity contribution < 1.29 is 31.7 Å². The van der Waals surface area contributed by atoms with Crippen molar-refractivity contribution in [3.8, 4) is 0 Å². The van der Waals surface area contributed by atoms with Gasteiger partial charge in [-0.1, -0.05) is 18.2 Å². The predicted molar refractivity (Wildman–Crippen MR) is 111 cm³/mol. The van der Waals surface area contributed by atoms with Gasteiger partial charge < -0.3 is 14.8 Å². The number of hydrogen-bond acceptors (Lipinski definition) is 9. The van der Waals surface area contributed by atoms with E-state index in [1.165, 1.54) is 43.5 Å². The van der Waals surface area contributed by atoms with E-state index in [0.29, 0.717) is 0 Å². The number of esters is 1. The summed E-state index contributed by atoms with van der Waals surface area (Å²) in [7, 11) is -5.91. The Kier molecular flexibility index (Phi) is 4.90. The largest absolute Gasteiger partial charge is 0.467 e. The number of fused-ring (bicyclic) bond motifs is 1. The Labute approximate surface area is 182 Å². The van der Waals surface area contributed by atoms with Crippen LogP contribution in [0.3, 0.4) is 0 Å². The molecular weight excluding hydrogens is 428 g/mol. The van der Waals surface area contributed by atoms with Crippen molar-refractivity contribution in [3.63, 3.8) is 0 Å². The van der Waals surface area contributed by atoms with E-state index in [0.717, 1.165) is 17.3 Å². The van der Waals surface area contributed by atoms with Crippen molar-refractivity contribution in [1.29, 1.82) is 0 Å². The zero-order chi connectivity index (χ0) is 25.3. The molecule has 0 bridgehead atoms. The summed E-state index contributed by atoms with van der Waals surface area (Å²) < 4.78 is 58.2. The van der Waals surface area contributed by atoms with Gasteiger partial charge in [-0.3, -0.25) is 10.1 Å². The maximum Gasteiger partial charge on any atom is 0.333 e. The summed E-state index contributed by atoms with van der Waals surface area (Å²) in [5.41, 5.74) is -2.88. The van der Waals surface area contributed by atoms with Gasteiger partial charge in [0.15, 0.2) is 11.2 Å². The minimum Gasteiger partial charge on any atom is -0.467 e. The van der Waals surface area contributed by atoms with Gasteiger partial charge in [-0.25, -0.2) is 22.2 Å². The van der Waals surface area contributed by atoms with Crippen molar-refractivity contribution in [2.24, 2.45) is 0 Å². The van der Waals surface area contributed by atoms with Crippen LogP contribution in [0.5, 0.6) is 0 Å². The fraction of sp³-hybridized carbons (Fsp3) is 0.263. The predicted octanol–water partition coefficient (Wildman–Crippen LogP) is 2.17. The first kappa shape index (κ1) is 18.3. The normalized spacial score (nSPS) is 15.4. The summed E-state index contributed by atoms with van der Waals surface area (Å²) in [5.74, 6) is -0.965. The quantitative estimate of drug-likeness (QED) is 0.309. The number of carbonyl (C=O) groups is 1. The van der Waals surface area contributed by atoms with Gasteiger partial charge in [0.2, 0.25) is 0 Å². The Balaban J connectivity index is 2.18. The average molecular weight is 451 g/mol. The second-order valence-electron chi connectivity index (χ2n) is 6.68. The van der Waals surface area contributed by atoms with Gasteiger partial charge >= 0.3 is 11.7 Å². The van der Waals surface area contributed by atoms with E-state index in [-0.39, 0.29) is 21.6 Å².